The molecular weight excluding hydrogens is 366 g/mol. The Kier molecular flexibility index (Phi) is 4.99. The van der Waals surface area contributed by atoms with Crippen LogP contribution in [0, 0.1) is 5.41 Å². The molecule has 3 aromatic rings. The van der Waals surface area contributed by atoms with Gasteiger partial charge in [0.05, 0.1) is 18.1 Å². The molecule has 2 aromatic heterocycles. The molecule has 8 heteroatoms. The first-order chi connectivity index (χ1) is 14.0. The summed E-state index contributed by atoms with van der Waals surface area (Å²) in [5, 5.41) is 18.2. The number of carbonyl (C=O) groups excluding carboxylic acids is 1. The van der Waals surface area contributed by atoms with Crippen LogP contribution in [0.5, 0.6) is 0 Å². The van der Waals surface area contributed by atoms with Crippen LogP contribution in [0.1, 0.15) is 25.3 Å². The number of allylic oxidation sites excluding steroid dienone is 1. The van der Waals surface area contributed by atoms with E-state index >= 15 is 0 Å². The van der Waals surface area contributed by atoms with Gasteiger partial charge in [-0.15, -0.1) is 0 Å². The highest BCUT2D eigenvalue weighted by atomic mass is 16.2. The summed E-state index contributed by atoms with van der Waals surface area (Å²) in [6.45, 7) is 1.80. The van der Waals surface area contributed by atoms with Crippen LogP contribution in [0.4, 0.5) is 5.69 Å². The SMILES string of the molecule is CC(N/C=C(\C=N)c1cnn2c(-c3cccc(N)c3)cnc2c1)C(=O)NC1CC1. The number of benzene rings is 1. The smallest absolute Gasteiger partial charge is 0.242 e. The highest BCUT2D eigenvalue weighted by molar-refractivity contribution is 6.08. The van der Waals surface area contributed by atoms with Crippen molar-refractivity contribution in [1.82, 2.24) is 25.2 Å². The molecule has 2 heterocycles. The predicted molar refractivity (Wildman–Crippen MR) is 113 cm³/mol. The molecule has 1 saturated carbocycles. The molecule has 8 nitrogen and oxygen atoms in total. The first-order valence-electron chi connectivity index (χ1n) is 9.52. The van der Waals surface area contributed by atoms with Crippen molar-refractivity contribution in [3.05, 3.63) is 54.5 Å². The van der Waals surface area contributed by atoms with E-state index in [4.69, 9.17) is 11.1 Å². The van der Waals surface area contributed by atoms with Crippen molar-refractivity contribution in [2.45, 2.75) is 31.8 Å². The largest absolute Gasteiger partial charge is 0.399 e. The molecule has 1 unspecified atom stereocenters. The highest BCUT2D eigenvalue weighted by Crippen LogP contribution is 2.23. The quantitative estimate of drug-likeness (QED) is 0.365. The summed E-state index contributed by atoms with van der Waals surface area (Å²) < 4.78 is 1.74. The Bertz CT molecular complexity index is 1100. The van der Waals surface area contributed by atoms with Gasteiger partial charge in [0, 0.05) is 40.8 Å². The Balaban J connectivity index is 1.56. The van der Waals surface area contributed by atoms with Crippen molar-refractivity contribution >= 4 is 29.0 Å². The topological polar surface area (TPSA) is 121 Å². The second-order valence-electron chi connectivity index (χ2n) is 7.20. The fourth-order valence-corrected chi connectivity index (χ4v) is 2.98. The van der Waals surface area contributed by atoms with Crippen molar-refractivity contribution in [2.24, 2.45) is 0 Å². The van der Waals surface area contributed by atoms with Gasteiger partial charge in [-0.25, -0.2) is 9.50 Å². The molecule has 0 saturated heterocycles. The highest BCUT2D eigenvalue weighted by Gasteiger charge is 2.25. The van der Waals surface area contributed by atoms with E-state index < -0.39 is 0 Å². The van der Waals surface area contributed by atoms with E-state index in [1.165, 1.54) is 6.21 Å². The van der Waals surface area contributed by atoms with Crippen LogP contribution >= 0.6 is 0 Å². The van der Waals surface area contributed by atoms with Gasteiger partial charge in [-0.1, -0.05) is 12.1 Å². The van der Waals surface area contributed by atoms with Gasteiger partial charge in [-0.3, -0.25) is 4.79 Å². The lowest BCUT2D eigenvalue weighted by molar-refractivity contribution is -0.122. The van der Waals surface area contributed by atoms with Gasteiger partial charge >= 0.3 is 0 Å². The number of fused-ring (bicyclic) bond motifs is 1. The number of nitrogen functional groups attached to an aromatic ring is 1. The Morgan fingerprint density at radius 2 is 2.17 bits per heavy atom. The second-order valence-corrected chi connectivity index (χ2v) is 7.20. The first-order valence-corrected chi connectivity index (χ1v) is 9.52. The maximum atomic E-state index is 12.1. The summed E-state index contributed by atoms with van der Waals surface area (Å²) in [4.78, 5) is 16.5. The van der Waals surface area contributed by atoms with Gasteiger partial charge in [0.15, 0.2) is 5.65 Å². The molecule has 29 heavy (non-hydrogen) atoms. The van der Waals surface area contributed by atoms with Crippen LogP contribution in [0.25, 0.3) is 22.5 Å². The summed E-state index contributed by atoms with van der Waals surface area (Å²) in [6, 6.07) is 9.34. The molecule has 0 spiro atoms. The van der Waals surface area contributed by atoms with Crippen LogP contribution in [0.3, 0.4) is 0 Å². The number of hydrogen-bond acceptors (Lipinski definition) is 6. The van der Waals surface area contributed by atoms with E-state index in [2.05, 4.69) is 20.7 Å². The molecule has 1 aromatic carbocycles. The fourth-order valence-electron chi connectivity index (χ4n) is 2.98. The Labute approximate surface area is 168 Å². The minimum absolute atomic E-state index is 0.0401. The second kappa shape index (κ2) is 7.75. The van der Waals surface area contributed by atoms with E-state index in [0.717, 1.165) is 29.7 Å². The molecule has 0 aliphatic heterocycles. The average molecular weight is 389 g/mol. The third-order valence-corrected chi connectivity index (χ3v) is 4.84. The molecule has 0 radical (unpaired) electrons. The molecular formula is C21H23N7O. The lowest BCUT2D eigenvalue weighted by Crippen LogP contribution is -2.41. The van der Waals surface area contributed by atoms with E-state index in [9.17, 15) is 4.79 Å². The van der Waals surface area contributed by atoms with Crippen LogP contribution in [-0.4, -0.2) is 38.8 Å². The first kappa shape index (κ1) is 18.7. The zero-order valence-corrected chi connectivity index (χ0v) is 16.1. The maximum Gasteiger partial charge on any atom is 0.242 e. The van der Waals surface area contributed by atoms with E-state index in [1.54, 1.807) is 30.0 Å². The Hall–Kier alpha value is -3.68. The van der Waals surface area contributed by atoms with Gasteiger partial charge in [-0.05, 0) is 38.0 Å². The average Bonchev–Trinajstić information content (AvgIpc) is 3.43. The summed E-state index contributed by atoms with van der Waals surface area (Å²) in [6.07, 6.45) is 8.42. The third kappa shape index (κ3) is 4.11. The molecule has 5 N–H and O–H groups in total. The molecule has 1 fully saturated rings. The normalized spacial score (nSPS) is 15.1. The number of carbonyl (C=O) groups is 1. The monoisotopic (exact) mass is 389 g/mol. The predicted octanol–water partition coefficient (Wildman–Crippen LogP) is 2.23. The van der Waals surface area contributed by atoms with Crippen molar-refractivity contribution in [3.63, 3.8) is 0 Å². The number of imidazole rings is 1. The minimum atomic E-state index is -0.385. The Morgan fingerprint density at radius 3 is 2.90 bits per heavy atom. The number of amides is 1. The van der Waals surface area contributed by atoms with Gasteiger partial charge in [0.1, 0.15) is 6.04 Å². The number of nitrogens with two attached hydrogens (primary N) is 1. The molecule has 1 aliphatic carbocycles. The molecule has 1 amide bonds. The number of hydrogen-bond donors (Lipinski definition) is 4. The van der Waals surface area contributed by atoms with Crippen molar-refractivity contribution in [1.29, 1.82) is 5.41 Å². The zero-order valence-electron chi connectivity index (χ0n) is 16.1. The summed E-state index contributed by atoms with van der Waals surface area (Å²) in [5.74, 6) is -0.0401. The summed E-state index contributed by atoms with van der Waals surface area (Å²) in [7, 11) is 0. The van der Waals surface area contributed by atoms with E-state index in [-0.39, 0.29) is 11.9 Å². The van der Waals surface area contributed by atoms with Crippen LogP contribution in [0.15, 0.2) is 48.9 Å². The van der Waals surface area contributed by atoms with Crippen LogP contribution in [-0.2, 0) is 4.79 Å². The molecule has 4 rings (SSSR count). The van der Waals surface area contributed by atoms with Gasteiger partial charge in [0.2, 0.25) is 5.91 Å². The van der Waals surface area contributed by atoms with Crippen LogP contribution < -0.4 is 16.4 Å². The number of anilines is 1. The van der Waals surface area contributed by atoms with E-state index in [1.807, 2.05) is 30.3 Å². The molecule has 1 atom stereocenters. The van der Waals surface area contributed by atoms with E-state index in [0.29, 0.717) is 22.9 Å². The van der Waals surface area contributed by atoms with Gasteiger partial charge in [-0.2, -0.15) is 5.10 Å². The molecule has 148 valence electrons. The van der Waals surface area contributed by atoms with Crippen molar-refractivity contribution in [2.75, 3.05) is 5.73 Å². The molecule has 1 aliphatic rings. The van der Waals surface area contributed by atoms with Crippen molar-refractivity contribution < 1.29 is 4.79 Å². The van der Waals surface area contributed by atoms with Gasteiger partial charge in [0.25, 0.3) is 0 Å². The van der Waals surface area contributed by atoms with Crippen LogP contribution in [0.2, 0.25) is 0 Å². The zero-order chi connectivity index (χ0) is 20.4. The van der Waals surface area contributed by atoms with Crippen molar-refractivity contribution in [3.8, 4) is 11.3 Å². The lowest BCUT2D eigenvalue weighted by atomic mass is 10.1. The number of nitrogens with one attached hydrogen (secondary N) is 3. The standard InChI is InChI=1S/C21H23N7O/c1-13(21(29)27-18-5-6-18)24-10-16(9-22)15-8-20-25-12-19(28(20)26-11-15)14-3-2-4-17(23)7-14/h2-4,7-13,18,22,24H,5-6,23H2,1H3,(H,27,29)/b16-10+,22-9?. The number of nitrogens with zero attached hydrogens (tertiary/aromatic N) is 3. The summed E-state index contributed by atoms with van der Waals surface area (Å²) >= 11 is 0. The third-order valence-electron chi connectivity index (χ3n) is 4.84. The van der Waals surface area contributed by atoms with Gasteiger partial charge < -0.3 is 21.8 Å². The lowest BCUT2D eigenvalue weighted by Gasteiger charge is -2.13. The number of rotatable bonds is 7. The summed E-state index contributed by atoms with van der Waals surface area (Å²) in [5.41, 5.74) is 10.3. The maximum absolute atomic E-state index is 12.1. The Morgan fingerprint density at radius 1 is 1.34 bits per heavy atom. The minimum Gasteiger partial charge on any atom is -0.399 e. The number of aromatic nitrogens is 3. The molecule has 0 bridgehead atoms. The fraction of sp³-hybridized carbons (Fsp3) is 0.238.